The van der Waals surface area contributed by atoms with Crippen LogP contribution in [0.1, 0.15) is 0 Å². The van der Waals surface area contributed by atoms with E-state index in [2.05, 4.69) is 265 Å². The Morgan fingerprint density at radius 1 is 0.229 bits per heavy atom. The third-order valence-electron chi connectivity index (χ3n) is 13.9. The number of anilines is 6. The minimum absolute atomic E-state index is 0.831. The Morgan fingerprint density at radius 3 is 0.971 bits per heavy atom. The van der Waals surface area contributed by atoms with Gasteiger partial charge in [-0.2, -0.15) is 0 Å². The molecule has 4 nitrogen and oxygen atoms in total. The zero-order valence-corrected chi connectivity index (χ0v) is 38.0. The van der Waals surface area contributed by atoms with Gasteiger partial charge in [0, 0.05) is 67.6 Å². The molecule has 2 aromatic heterocycles. The van der Waals surface area contributed by atoms with Crippen LogP contribution in [0.5, 0.6) is 0 Å². The molecule has 0 aliphatic heterocycles. The molecule has 0 saturated carbocycles. The summed E-state index contributed by atoms with van der Waals surface area (Å²) in [5, 5.41) is 11.2. The van der Waals surface area contributed by atoms with E-state index in [4.69, 9.17) is 8.83 Å². The van der Waals surface area contributed by atoms with Crippen molar-refractivity contribution < 1.29 is 8.83 Å². The van der Waals surface area contributed by atoms with Gasteiger partial charge in [0.2, 0.25) is 0 Å². The lowest BCUT2D eigenvalue weighted by Crippen LogP contribution is -2.11. The molecule has 0 aliphatic rings. The maximum atomic E-state index is 6.83. The zero-order valence-electron chi connectivity index (χ0n) is 38.0. The average Bonchev–Trinajstić information content (AvgIpc) is 3.96. The highest BCUT2D eigenvalue weighted by molar-refractivity contribution is 6.16. The monoisotopic (exact) mass is 894 g/mol. The molecule has 0 amide bonds. The molecule has 0 saturated heterocycles. The van der Waals surface area contributed by atoms with E-state index < -0.39 is 0 Å². The Balaban J connectivity index is 0.887. The first-order chi connectivity index (χ1) is 34.7. The smallest absolute Gasteiger partial charge is 0.137 e. The van der Waals surface area contributed by atoms with Gasteiger partial charge in [-0.05, 0) is 141 Å². The van der Waals surface area contributed by atoms with E-state index in [0.29, 0.717) is 0 Å². The van der Waals surface area contributed by atoms with Crippen LogP contribution in [0.15, 0.2) is 264 Å². The molecule has 12 aromatic carbocycles. The lowest BCUT2D eigenvalue weighted by molar-refractivity contribution is 0.668. The van der Waals surface area contributed by atoms with Gasteiger partial charge in [0.05, 0.1) is 11.4 Å². The van der Waals surface area contributed by atoms with Crippen LogP contribution in [0.3, 0.4) is 0 Å². The number of para-hydroxylation sites is 2. The van der Waals surface area contributed by atoms with Gasteiger partial charge in [0.15, 0.2) is 0 Å². The second-order valence-electron chi connectivity index (χ2n) is 18.1. The van der Waals surface area contributed by atoms with Gasteiger partial charge < -0.3 is 18.6 Å². The Labute approximate surface area is 404 Å². The van der Waals surface area contributed by atoms with Crippen molar-refractivity contribution in [1.82, 2.24) is 0 Å². The minimum atomic E-state index is 0.831. The molecule has 0 aliphatic carbocycles. The Hall–Kier alpha value is -9.38. The van der Waals surface area contributed by atoms with Crippen molar-refractivity contribution in [3.05, 3.63) is 255 Å². The molecule has 0 radical (unpaired) electrons. The van der Waals surface area contributed by atoms with E-state index in [1.807, 2.05) is 0 Å². The van der Waals surface area contributed by atoms with Crippen LogP contribution in [-0.4, -0.2) is 0 Å². The van der Waals surface area contributed by atoms with Gasteiger partial charge in [-0.3, -0.25) is 0 Å². The predicted octanol–water partition coefficient (Wildman–Crippen LogP) is 19.2. The van der Waals surface area contributed by atoms with Crippen LogP contribution in [-0.2, 0) is 0 Å². The standard InChI is InChI=1S/C66H42N2O2/c1-5-17-43(18-6-1)57-33-45-21-13-15-23-47(45)37-61(57)67(51-25-9-3-10-26-51)53-29-31-55-59-35-49-40-64-60(36-50(49)39-63(59)69-65(55)41-53)56-32-30-54(42-66(56)70-64)68(52-27-11-4-12-28-52)62-38-48-24-16-14-22-46(48)34-58(62)44-19-7-2-8-20-44/h1-42H. The van der Waals surface area contributed by atoms with Gasteiger partial charge in [-0.15, -0.1) is 0 Å². The molecule has 14 aromatic rings. The number of benzene rings is 12. The van der Waals surface area contributed by atoms with E-state index in [1.165, 1.54) is 21.5 Å². The van der Waals surface area contributed by atoms with Crippen LogP contribution < -0.4 is 9.80 Å². The second kappa shape index (κ2) is 16.2. The van der Waals surface area contributed by atoms with Crippen molar-refractivity contribution in [2.45, 2.75) is 0 Å². The summed E-state index contributed by atoms with van der Waals surface area (Å²) in [4.78, 5) is 4.71. The fourth-order valence-corrected chi connectivity index (χ4v) is 10.6. The van der Waals surface area contributed by atoms with Crippen LogP contribution in [0.25, 0.3) is 98.4 Å². The maximum Gasteiger partial charge on any atom is 0.137 e. The van der Waals surface area contributed by atoms with E-state index in [0.717, 1.165) is 111 Å². The second-order valence-corrected chi connectivity index (χ2v) is 18.1. The van der Waals surface area contributed by atoms with Crippen LogP contribution in [0.4, 0.5) is 34.1 Å². The molecule has 0 atom stereocenters. The zero-order chi connectivity index (χ0) is 46.1. The average molecular weight is 895 g/mol. The van der Waals surface area contributed by atoms with Crippen molar-refractivity contribution in [2.75, 3.05) is 9.80 Å². The number of nitrogens with zero attached hydrogens (tertiary/aromatic N) is 2. The largest absolute Gasteiger partial charge is 0.456 e. The molecule has 0 spiro atoms. The van der Waals surface area contributed by atoms with Crippen molar-refractivity contribution in [3.63, 3.8) is 0 Å². The van der Waals surface area contributed by atoms with Gasteiger partial charge in [0.1, 0.15) is 22.3 Å². The summed E-state index contributed by atoms with van der Waals surface area (Å²) in [7, 11) is 0. The number of rotatable bonds is 8. The summed E-state index contributed by atoms with van der Waals surface area (Å²) in [5.41, 5.74) is 14.3. The highest BCUT2D eigenvalue weighted by atomic mass is 16.3. The van der Waals surface area contributed by atoms with E-state index in [1.54, 1.807) is 0 Å². The molecular weight excluding hydrogens is 853 g/mol. The fourth-order valence-electron chi connectivity index (χ4n) is 10.6. The first kappa shape index (κ1) is 39.8. The highest BCUT2D eigenvalue weighted by Gasteiger charge is 2.23. The number of hydrogen-bond donors (Lipinski definition) is 0. The molecule has 0 N–H and O–H groups in total. The molecule has 0 fully saturated rings. The summed E-state index contributed by atoms with van der Waals surface area (Å²) < 4.78 is 13.7. The van der Waals surface area contributed by atoms with Gasteiger partial charge >= 0.3 is 0 Å². The maximum absolute atomic E-state index is 6.83. The first-order valence-corrected chi connectivity index (χ1v) is 23.8. The lowest BCUT2D eigenvalue weighted by atomic mass is 9.97. The van der Waals surface area contributed by atoms with E-state index in [-0.39, 0.29) is 0 Å². The normalized spacial score (nSPS) is 11.7. The SMILES string of the molecule is c1ccc(-c2cc3ccccc3cc2N(c2ccccc2)c2ccc3c(c2)oc2cc4cc5c(cc4cc23)oc2cc(N(c3ccccc3)c3cc4ccccc4cc3-c3ccccc3)ccc25)cc1. The molecular formula is C66H42N2O2. The van der Waals surface area contributed by atoms with Crippen molar-refractivity contribution in [3.8, 4) is 22.3 Å². The van der Waals surface area contributed by atoms with E-state index >= 15 is 0 Å². The van der Waals surface area contributed by atoms with Crippen molar-refractivity contribution in [1.29, 1.82) is 0 Å². The minimum Gasteiger partial charge on any atom is -0.456 e. The van der Waals surface area contributed by atoms with Gasteiger partial charge in [-0.1, -0.05) is 146 Å². The number of furan rings is 2. The Bertz CT molecular complexity index is 4010. The summed E-state index contributed by atoms with van der Waals surface area (Å²) in [6.45, 7) is 0. The predicted molar refractivity (Wildman–Crippen MR) is 294 cm³/mol. The van der Waals surface area contributed by atoms with Crippen LogP contribution in [0.2, 0.25) is 0 Å². The number of fused-ring (bicyclic) bond motifs is 9. The van der Waals surface area contributed by atoms with Gasteiger partial charge in [0.25, 0.3) is 0 Å². The van der Waals surface area contributed by atoms with E-state index in [9.17, 15) is 0 Å². The molecule has 328 valence electrons. The summed E-state index contributed by atoms with van der Waals surface area (Å²) in [5.74, 6) is 0. The van der Waals surface area contributed by atoms with Gasteiger partial charge in [-0.25, -0.2) is 0 Å². The molecule has 14 rings (SSSR count). The topological polar surface area (TPSA) is 32.8 Å². The Morgan fingerprint density at radius 2 is 0.571 bits per heavy atom. The molecule has 0 bridgehead atoms. The first-order valence-electron chi connectivity index (χ1n) is 23.8. The van der Waals surface area contributed by atoms with Crippen molar-refractivity contribution in [2.24, 2.45) is 0 Å². The van der Waals surface area contributed by atoms with Crippen LogP contribution >= 0.6 is 0 Å². The lowest BCUT2D eigenvalue weighted by Gasteiger charge is -2.28. The molecule has 4 heteroatoms. The third kappa shape index (κ3) is 6.69. The highest BCUT2D eigenvalue weighted by Crippen LogP contribution is 2.47. The summed E-state index contributed by atoms with van der Waals surface area (Å²) in [6.07, 6.45) is 0. The Kier molecular flexibility index (Phi) is 9.17. The van der Waals surface area contributed by atoms with Crippen LogP contribution in [0, 0.1) is 0 Å². The fraction of sp³-hybridized carbons (Fsp3) is 0. The molecule has 0 unspecified atom stereocenters. The summed E-state index contributed by atoms with van der Waals surface area (Å²) >= 11 is 0. The summed E-state index contributed by atoms with van der Waals surface area (Å²) in [6, 6.07) is 91.1. The third-order valence-corrected chi connectivity index (χ3v) is 13.9. The van der Waals surface area contributed by atoms with Crippen molar-refractivity contribution >= 4 is 110 Å². The molecule has 70 heavy (non-hydrogen) atoms. The molecule has 2 heterocycles. The quantitative estimate of drug-likeness (QED) is 0.152. The number of hydrogen-bond acceptors (Lipinski definition) is 4.